The predicted octanol–water partition coefficient (Wildman–Crippen LogP) is 2.69. The first-order chi connectivity index (χ1) is 8.58. The zero-order valence-electron chi connectivity index (χ0n) is 8.94. The van der Waals surface area contributed by atoms with Crippen LogP contribution >= 0.6 is 31.9 Å². The second-order valence-electron chi connectivity index (χ2n) is 3.41. The Kier molecular flexibility index (Phi) is 4.03. The summed E-state index contributed by atoms with van der Waals surface area (Å²) in [5.41, 5.74) is 0.651. The van der Waals surface area contributed by atoms with Gasteiger partial charge < -0.3 is 10.1 Å². The average Bonchev–Trinajstić information content (AvgIpc) is 2.58. The summed E-state index contributed by atoms with van der Waals surface area (Å²) in [6, 6.07) is 8.49. The Bertz CT molecular complexity index is 516. The molecule has 0 fully saturated rings. The highest BCUT2D eigenvalue weighted by molar-refractivity contribution is 9.14. The normalized spacial score (nSPS) is 18.6. The number of hydrogen-bond acceptors (Lipinski definition) is 3. The Morgan fingerprint density at radius 3 is 2.44 bits per heavy atom. The molecule has 18 heavy (non-hydrogen) atoms. The summed E-state index contributed by atoms with van der Waals surface area (Å²) in [6.07, 6.45) is -0.810. The van der Waals surface area contributed by atoms with Crippen LogP contribution in [0.5, 0.6) is 0 Å². The summed E-state index contributed by atoms with van der Waals surface area (Å²) >= 11 is 6.22. The zero-order chi connectivity index (χ0) is 13.1. The lowest BCUT2D eigenvalue weighted by molar-refractivity contribution is -0.139. The number of para-hydroxylation sites is 1. The third kappa shape index (κ3) is 2.91. The first-order valence-corrected chi connectivity index (χ1v) is 6.55. The molecule has 7 heteroatoms. The number of urea groups is 1. The number of rotatable bonds is 2. The largest absolute Gasteiger partial charge is 0.433 e. The molecule has 2 amide bonds. The lowest BCUT2D eigenvalue weighted by Crippen LogP contribution is -2.38. The van der Waals surface area contributed by atoms with Crippen molar-refractivity contribution in [2.75, 3.05) is 5.32 Å². The molecule has 0 aliphatic carbocycles. The van der Waals surface area contributed by atoms with E-state index < -0.39 is 18.2 Å². The molecule has 0 bridgehead atoms. The standard InChI is InChI=1S/C11H8Br2N2O3/c12-7-8(13)10(16)18-9(7)15-11(17)14-6-4-2-1-3-5-6/h1-5,9H,(H2,14,15,17)/t9-/m1/s1. The van der Waals surface area contributed by atoms with E-state index in [0.29, 0.717) is 10.2 Å². The van der Waals surface area contributed by atoms with Gasteiger partial charge in [0.15, 0.2) is 0 Å². The van der Waals surface area contributed by atoms with E-state index in [0.717, 1.165) is 0 Å². The minimum Gasteiger partial charge on any atom is -0.433 e. The van der Waals surface area contributed by atoms with Crippen LogP contribution in [-0.2, 0) is 9.53 Å². The number of ether oxygens (including phenoxy) is 1. The van der Waals surface area contributed by atoms with Gasteiger partial charge in [-0.3, -0.25) is 5.32 Å². The summed E-state index contributed by atoms with van der Waals surface area (Å²) in [7, 11) is 0. The molecule has 0 unspecified atom stereocenters. The molecule has 1 aromatic rings. The average molecular weight is 376 g/mol. The zero-order valence-corrected chi connectivity index (χ0v) is 12.1. The minimum absolute atomic E-state index is 0.271. The molecule has 0 radical (unpaired) electrons. The van der Waals surface area contributed by atoms with Crippen LogP contribution in [0.1, 0.15) is 0 Å². The highest BCUT2D eigenvalue weighted by Gasteiger charge is 2.32. The van der Waals surface area contributed by atoms with Gasteiger partial charge in [0.2, 0.25) is 6.23 Å². The van der Waals surface area contributed by atoms with E-state index in [4.69, 9.17) is 4.74 Å². The monoisotopic (exact) mass is 374 g/mol. The first kappa shape index (κ1) is 13.1. The Hall–Kier alpha value is -1.34. The van der Waals surface area contributed by atoms with Crippen molar-refractivity contribution in [3.63, 3.8) is 0 Å². The number of esters is 1. The number of benzene rings is 1. The van der Waals surface area contributed by atoms with Crippen molar-refractivity contribution < 1.29 is 14.3 Å². The van der Waals surface area contributed by atoms with Crippen LogP contribution in [0.25, 0.3) is 0 Å². The molecule has 1 aliphatic heterocycles. The summed E-state index contributed by atoms with van der Waals surface area (Å²) in [5, 5.41) is 5.13. The van der Waals surface area contributed by atoms with Crippen molar-refractivity contribution in [1.29, 1.82) is 0 Å². The Balaban J connectivity index is 1.96. The molecule has 1 atom stereocenters. The van der Waals surface area contributed by atoms with Gasteiger partial charge >= 0.3 is 12.0 Å². The number of carbonyl (C=O) groups excluding carboxylic acids is 2. The number of amides is 2. The summed E-state index contributed by atoms with van der Waals surface area (Å²) < 4.78 is 5.64. The van der Waals surface area contributed by atoms with Crippen LogP contribution in [0.4, 0.5) is 10.5 Å². The lowest BCUT2D eigenvalue weighted by Gasteiger charge is -2.13. The van der Waals surface area contributed by atoms with Crippen molar-refractivity contribution in [2.24, 2.45) is 0 Å². The molecule has 0 saturated carbocycles. The van der Waals surface area contributed by atoms with Gasteiger partial charge in [0.25, 0.3) is 0 Å². The van der Waals surface area contributed by atoms with E-state index in [-0.39, 0.29) is 4.48 Å². The fourth-order valence-corrected chi connectivity index (χ4v) is 1.99. The molecule has 1 heterocycles. The lowest BCUT2D eigenvalue weighted by atomic mass is 10.3. The van der Waals surface area contributed by atoms with Gasteiger partial charge in [-0.25, -0.2) is 9.59 Å². The maximum absolute atomic E-state index is 11.7. The number of anilines is 1. The maximum Gasteiger partial charge on any atom is 0.348 e. The number of halogens is 2. The topological polar surface area (TPSA) is 67.4 Å². The molecule has 0 saturated heterocycles. The number of nitrogens with one attached hydrogen (secondary N) is 2. The van der Waals surface area contributed by atoms with E-state index in [1.165, 1.54) is 0 Å². The SMILES string of the molecule is O=C(Nc1ccccc1)N[C@@H]1OC(=O)C(Br)=C1Br. The van der Waals surface area contributed by atoms with E-state index >= 15 is 0 Å². The maximum atomic E-state index is 11.7. The predicted molar refractivity (Wildman–Crippen MR) is 73.4 cm³/mol. The summed E-state index contributed by atoms with van der Waals surface area (Å²) in [6.45, 7) is 0. The van der Waals surface area contributed by atoms with Gasteiger partial charge in [0.1, 0.15) is 4.48 Å². The quantitative estimate of drug-likeness (QED) is 0.781. The Morgan fingerprint density at radius 1 is 1.22 bits per heavy atom. The molecule has 94 valence electrons. The Morgan fingerprint density at radius 2 is 1.89 bits per heavy atom. The van der Waals surface area contributed by atoms with Crippen LogP contribution in [0.15, 0.2) is 39.3 Å². The molecule has 5 nitrogen and oxygen atoms in total. The first-order valence-electron chi connectivity index (χ1n) is 4.96. The second kappa shape index (κ2) is 5.53. The smallest absolute Gasteiger partial charge is 0.348 e. The van der Waals surface area contributed by atoms with Gasteiger partial charge in [-0.2, -0.15) is 0 Å². The molecular weight excluding hydrogens is 368 g/mol. The van der Waals surface area contributed by atoms with Crippen LogP contribution in [0.3, 0.4) is 0 Å². The van der Waals surface area contributed by atoms with Crippen molar-refractivity contribution in [3.8, 4) is 0 Å². The number of carbonyl (C=O) groups is 2. The molecule has 2 rings (SSSR count). The molecular formula is C11H8Br2N2O3. The molecule has 1 aliphatic rings. The van der Waals surface area contributed by atoms with Crippen LogP contribution < -0.4 is 10.6 Å². The van der Waals surface area contributed by atoms with Crippen LogP contribution in [0.2, 0.25) is 0 Å². The third-order valence-corrected chi connectivity index (χ3v) is 4.23. The summed E-state index contributed by atoms with van der Waals surface area (Å²) in [4.78, 5) is 22.9. The molecule has 0 spiro atoms. The van der Waals surface area contributed by atoms with Crippen molar-refractivity contribution in [2.45, 2.75) is 6.23 Å². The highest BCUT2D eigenvalue weighted by atomic mass is 79.9. The van der Waals surface area contributed by atoms with Crippen molar-refractivity contribution in [3.05, 3.63) is 39.3 Å². The number of hydrogen-bond donors (Lipinski definition) is 2. The minimum atomic E-state index is -0.810. The fraction of sp³-hybridized carbons (Fsp3) is 0.0909. The van der Waals surface area contributed by atoms with E-state index in [1.807, 2.05) is 6.07 Å². The Labute approximate surface area is 120 Å². The van der Waals surface area contributed by atoms with Crippen molar-refractivity contribution in [1.82, 2.24) is 5.32 Å². The molecule has 2 N–H and O–H groups in total. The van der Waals surface area contributed by atoms with Gasteiger partial charge in [0.05, 0.1) is 4.48 Å². The summed E-state index contributed by atoms with van der Waals surface area (Å²) in [5.74, 6) is -0.521. The van der Waals surface area contributed by atoms with E-state index in [9.17, 15) is 9.59 Å². The highest BCUT2D eigenvalue weighted by Crippen LogP contribution is 2.30. The van der Waals surface area contributed by atoms with E-state index in [2.05, 4.69) is 42.5 Å². The van der Waals surface area contributed by atoms with E-state index in [1.54, 1.807) is 24.3 Å². The van der Waals surface area contributed by atoms with Gasteiger partial charge in [-0.05, 0) is 44.0 Å². The van der Waals surface area contributed by atoms with Crippen LogP contribution in [-0.4, -0.2) is 18.2 Å². The number of cyclic esters (lactones) is 1. The third-order valence-electron chi connectivity index (χ3n) is 2.14. The van der Waals surface area contributed by atoms with Crippen LogP contribution in [0, 0.1) is 0 Å². The fourth-order valence-electron chi connectivity index (χ4n) is 1.32. The van der Waals surface area contributed by atoms with Gasteiger partial charge in [-0.15, -0.1) is 0 Å². The second-order valence-corrected chi connectivity index (χ2v) is 5.06. The van der Waals surface area contributed by atoms with Gasteiger partial charge in [0, 0.05) is 5.69 Å². The molecule has 0 aromatic heterocycles. The molecule has 1 aromatic carbocycles. The van der Waals surface area contributed by atoms with Gasteiger partial charge in [-0.1, -0.05) is 18.2 Å². The van der Waals surface area contributed by atoms with Crippen molar-refractivity contribution >= 4 is 49.5 Å².